The molecule has 10 heteroatoms. The number of ether oxygens (including phenoxy) is 1. The van der Waals surface area contributed by atoms with Crippen molar-refractivity contribution >= 4 is 23.3 Å². The highest BCUT2D eigenvalue weighted by atomic mass is 16.6. The van der Waals surface area contributed by atoms with Gasteiger partial charge < -0.3 is 30.6 Å². The van der Waals surface area contributed by atoms with Crippen molar-refractivity contribution in [1.82, 2.24) is 15.3 Å². The predicted molar refractivity (Wildman–Crippen MR) is 91.9 cm³/mol. The van der Waals surface area contributed by atoms with E-state index < -0.39 is 11.0 Å². The van der Waals surface area contributed by atoms with Gasteiger partial charge in [0.15, 0.2) is 11.9 Å². The van der Waals surface area contributed by atoms with Gasteiger partial charge in [-0.3, -0.25) is 4.98 Å². The third kappa shape index (κ3) is 3.79. The number of hydrogen-bond donors (Lipinski definition) is 3. The Bertz CT molecular complexity index is 857. The molecule has 2 aromatic rings. The molecule has 0 bridgehead atoms. The van der Waals surface area contributed by atoms with E-state index in [1.165, 1.54) is 19.4 Å². The number of nitrogens with one attached hydrogen (secondary N) is 2. The van der Waals surface area contributed by atoms with Gasteiger partial charge in [0.25, 0.3) is 0 Å². The molecule has 1 amide bonds. The molecule has 2 aromatic heterocycles. The molecule has 0 aliphatic heterocycles. The molecule has 1 aliphatic carbocycles. The number of methoxy groups -OCH3 is 1. The summed E-state index contributed by atoms with van der Waals surface area (Å²) in [4.78, 5) is 29.5. The fourth-order valence-electron chi connectivity index (χ4n) is 2.91. The van der Waals surface area contributed by atoms with Crippen LogP contribution in [0.25, 0.3) is 0 Å². The average molecular weight is 359 g/mol. The number of nitro groups is 1. The summed E-state index contributed by atoms with van der Waals surface area (Å²) >= 11 is 0. The van der Waals surface area contributed by atoms with Gasteiger partial charge in [0, 0.05) is 24.2 Å². The Morgan fingerprint density at radius 3 is 2.88 bits per heavy atom. The van der Waals surface area contributed by atoms with Crippen molar-refractivity contribution in [3.63, 3.8) is 0 Å². The van der Waals surface area contributed by atoms with Gasteiger partial charge in [-0.15, -0.1) is 0 Å². The number of pyridine rings is 2. The van der Waals surface area contributed by atoms with E-state index in [2.05, 4.69) is 20.6 Å². The second kappa shape index (κ2) is 7.21. The van der Waals surface area contributed by atoms with E-state index in [4.69, 9.17) is 9.84 Å². The van der Waals surface area contributed by atoms with Crippen molar-refractivity contribution in [1.29, 1.82) is 0 Å². The molecule has 0 radical (unpaired) electrons. The van der Waals surface area contributed by atoms with Crippen LogP contribution in [0.5, 0.6) is 5.75 Å². The Labute approximate surface area is 148 Å². The van der Waals surface area contributed by atoms with Gasteiger partial charge in [-0.25, -0.2) is 4.79 Å². The molecule has 3 N–H and O–H groups in total. The maximum Gasteiger partial charge on any atom is 0.404 e. The largest absolute Gasteiger partial charge is 0.493 e. The van der Waals surface area contributed by atoms with E-state index >= 15 is 0 Å². The van der Waals surface area contributed by atoms with Crippen LogP contribution in [0, 0.1) is 10.1 Å². The minimum atomic E-state index is -1.05. The highest BCUT2D eigenvalue weighted by Crippen LogP contribution is 2.30. The van der Waals surface area contributed by atoms with Crippen LogP contribution in [0.4, 0.5) is 22.0 Å². The molecule has 0 fully saturated rings. The van der Waals surface area contributed by atoms with Crippen molar-refractivity contribution in [3.05, 3.63) is 45.9 Å². The van der Waals surface area contributed by atoms with Gasteiger partial charge in [0.05, 0.1) is 19.0 Å². The van der Waals surface area contributed by atoms with Gasteiger partial charge >= 0.3 is 11.9 Å². The van der Waals surface area contributed by atoms with E-state index in [1.807, 2.05) is 6.07 Å². The number of carbonyl (C=O) groups is 1. The third-order valence-corrected chi connectivity index (χ3v) is 4.12. The molecule has 26 heavy (non-hydrogen) atoms. The molecular weight excluding hydrogens is 342 g/mol. The SMILES string of the molecule is COc1cnc([N+](=O)[O-])c(Nc2cnc3c(c2)CCC(NC(=O)O)C3)c1. The standard InChI is InChI=1S/C16H17N5O5/c1-26-12-6-14(15(18-8-12)21(24)25)19-11-4-9-2-3-10(20-16(22)23)5-13(9)17-7-11/h4,6-8,10,19-20H,2-3,5H2,1H3,(H,22,23). The molecule has 1 aliphatic rings. The quantitative estimate of drug-likeness (QED) is 0.545. The first-order chi connectivity index (χ1) is 12.5. The number of rotatable bonds is 5. The van der Waals surface area contributed by atoms with Crippen LogP contribution in [-0.4, -0.2) is 39.2 Å². The maximum absolute atomic E-state index is 11.2. The number of fused-ring (bicyclic) bond motifs is 1. The number of hydrogen-bond acceptors (Lipinski definition) is 7. The summed E-state index contributed by atoms with van der Waals surface area (Å²) < 4.78 is 5.07. The lowest BCUT2D eigenvalue weighted by Gasteiger charge is -2.24. The van der Waals surface area contributed by atoms with Crippen LogP contribution in [0.15, 0.2) is 24.5 Å². The molecule has 1 atom stereocenters. The topological polar surface area (TPSA) is 140 Å². The fraction of sp³-hybridized carbons (Fsp3) is 0.312. The Hall–Kier alpha value is -3.43. The number of anilines is 2. The summed E-state index contributed by atoms with van der Waals surface area (Å²) in [7, 11) is 1.45. The number of amides is 1. The second-order valence-electron chi connectivity index (χ2n) is 5.85. The van der Waals surface area contributed by atoms with E-state index in [-0.39, 0.29) is 17.5 Å². The minimum absolute atomic E-state index is 0.157. The Kier molecular flexibility index (Phi) is 4.83. The number of aryl methyl sites for hydroxylation is 1. The van der Waals surface area contributed by atoms with Gasteiger partial charge in [0.2, 0.25) is 0 Å². The van der Waals surface area contributed by atoms with Gasteiger partial charge in [-0.1, -0.05) is 0 Å². The van der Waals surface area contributed by atoms with Crippen molar-refractivity contribution in [2.75, 3.05) is 12.4 Å². The molecular formula is C16H17N5O5. The van der Waals surface area contributed by atoms with Crippen molar-refractivity contribution in [2.24, 2.45) is 0 Å². The summed E-state index contributed by atoms with van der Waals surface area (Å²) in [5, 5.41) is 25.4. The number of nitrogens with zero attached hydrogens (tertiary/aromatic N) is 3. The molecule has 0 saturated heterocycles. The Morgan fingerprint density at radius 1 is 1.38 bits per heavy atom. The highest BCUT2D eigenvalue weighted by Gasteiger charge is 2.22. The zero-order valence-corrected chi connectivity index (χ0v) is 13.9. The van der Waals surface area contributed by atoms with Crippen molar-refractivity contribution < 1.29 is 19.6 Å². The van der Waals surface area contributed by atoms with Crippen LogP contribution in [0.2, 0.25) is 0 Å². The summed E-state index contributed by atoms with van der Waals surface area (Å²) in [6.45, 7) is 0. The monoisotopic (exact) mass is 359 g/mol. The predicted octanol–water partition coefficient (Wildman–Crippen LogP) is 2.26. The summed E-state index contributed by atoms with van der Waals surface area (Å²) in [5.74, 6) is 0.0841. The lowest BCUT2D eigenvalue weighted by molar-refractivity contribution is -0.388. The Morgan fingerprint density at radius 2 is 2.19 bits per heavy atom. The van der Waals surface area contributed by atoms with Gasteiger partial charge in [-0.2, -0.15) is 0 Å². The Balaban J connectivity index is 1.82. The smallest absolute Gasteiger partial charge is 0.404 e. The molecule has 0 aromatic carbocycles. The molecule has 1 unspecified atom stereocenters. The first-order valence-corrected chi connectivity index (χ1v) is 7.89. The first-order valence-electron chi connectivity index (χ1n) is 7.89. The average Bonchev–Trinajstić information content (AvgIpc) is 2.61. The normalized spacial score (nSPS) is 15.7. The van der Waals surface area contributed by atoms with Crippen LogP contribution >= 0.6 is 0 Å². The summed E-state index contributed by atoms with van der Waals surface area (Å²) in [5.41, 5.74) is 2.60. The summed E-state index contributed by atoms with van der Waals surface area (Å²) in [6.07, 6.45) is 3.65. The maximum atomic E-state index is 11.2. The van der Waals surface area contributed by atoms with Crippen molar-refractivity contribution in [3.8, 4) is 5.75 Å². The molecule has 10 nitrogen and oxygen atoms in total. The highest BCUT2D eigenvalue weighted by molar-refractivity contribution is 5.68. The molecule has 2 heterocycles. The van der Waals surface area contributed by atoms with E-state index in [9.17, 15) is 14.9 Å². The second-order valence-corrected chi connectivity index (χ2v) is 5.85. The van der Waals surface area contributed by atoms with E-state index in [1.54, 1.807) is 6.20 Å². The van der Waals surface area contributed by atoms with Crippen LogP contribution < -0.4 is 15.4 Å². The third-order valence-electron chi connectivity index (χ3n) is 4.12. The zero-order valence-electron chi connectivity index (χ0n) is 13.9. The van der Waals surface area contributed by atoms with Crippen LogP contribution in [-0.2, 0) is 12.8 Å². The minimum Gasteiger partial charge on any atom is -0.493 e. The fourth-order valence-corrected chi connectivity index (χ4v) is 2.91. The molecule has 136 valence electrons. The molecule has 0 spiro atoms. The first kappa shape index (κ1) is 17.4. The molecule has 3 rings (SSSR count). The van der Waals surface area contributed by atoms with Crippen LogP contribution in [0.3, 0.4) is 0 Å². The van der Waals surface area contributed by atoms with Crippen LogP contribution in [0.1, 0.15) is 17.7 Å². The lowest BCUT2D eigenvalue weighted by Crippen LogP contribution is -2.38. The lowest BCUT2D eigenvalue weighted by atomic mass is 9.92. The number of aromatic nitrogens is 2. The zero-order chi connectivity index (χ0) is 18.7. The molecule has 0 saturated carbocycles. The van der Waals surface area contributed by atoms with E-state index in [0.717, 1.165) is 11.3 Å². The summed E-state index contributed by atoms with van der Waals surface area (Å²) in [6, 6.07) is 3.20. The number of carboxylic acid groups (broad SMARTS) is 1. The van der Waals surface area contributed by atoms with E-state index in [0.29, 0.717) is 30.7 Å². The van der Waals surface area contributed by atoms with Gasteiger partial charge in [-0.05, 0) is 34.4 Å². The van der Waals surface area contributed by atoms with Crippen molar-refractivity contribution in [2.45, 2.75) is 25.3 Å². The van der Waals surface area contributed by atoms with Gasteiger partial charge in [0.1, 0.15) is 5.69 Å².